The predicted octanol–water partition coefficient (Wildman–Crippen LogP) is 3.56. The van der Waals surface area contributed by atoms with Gasteiger partial charge >= 0.3 is 0 Å². The van der Waals surface area contributed by atoms with Gasteiger partial charge in [-0.1, -0.05) is 24.3 Å². The highest BCUT2D eigenvalue weighted by molar-refractivity contribution is 6.13. The van der Waals surface area contributed by atoms with Gasteiger partial charge < -0.3 is 20.1 Å². The molecule has 0 atom stereocenters. The lowest BCUT2D eigenvalue weighted by atomic mass is 10.0. The first-order valence-electron chi connectivity index (χ1n) is 9.93. The van der Waals surface area contributed by atoms with Crippen LogP contribution in [-0.4, -0.2) is 31.6 Å². The molecule has 0 aliphatic heterocycles. The lowest BCUT2D eigenvalue weighted by Crippen LogP contribution is -2.40. The van der Waals surface area contributed by atoms with E-state index in [0.717, 1.165) is 11.3 Å². The van der Waals surface area contributed by atoms with Gasteiger partial charge in [-0.05, 0) is 62.9 Å². The average Bonchev–Trinajstić information content (AvgIpc) is 3.51. The van der Waals surface area contributed by atoms with Crippen molar-refractivity contribution in [2.75, 3.05) is 19.0 Å². The molecule has 2 amide bonds. The first-order valence-corrected chi connectivity index (χ1v) is 9.93. The minimum Gasteiger partial charge on any atom is -0.497 e. The number of anilines is 1. The average molecular weight is 396 g/mol. The second-order valence-corrected chi connectivity index (χ2v) is 7.56. The van der Waals surface area contributed by atoms with Crippen LogP contribution in [0.5, 0.6) is 11.5 Å². The minimum absolute atomic E-state index is 0.0113. The Bertz CT molecular complexity index is 875. The van der Waals surface area contributed by atoms with Crippen molar-refractivity contribution in [2.24, 2.45) is 5.41 Å². The van der Waals surface area contributed by atoms with Crippen molar-refractivity contribution in [2.45, 2.75) is 39.2 Å². The first kappa shape index (κ1) is 20.7. The molecule has 6 nitrogen and oxygen atoms in total. The summed E-state index contributed by atoms with van der Waals surface area (Å²) in [5.41, 5.74) is 0.666. The van der Waals surface area contributed by atoms with Crippen molar-refractivity contribution in [1.29, 1.82) is 0 Å². The molecule has 154 valence electrons. The molecule has 29 heavy (non-hydrogen) atoms. The quantitative estimate of drug-likeness (QED) is 0.636. The summed E-state index contributed by atoms with van der Waals surface area (Å²) in [6, 6.07) is 15.0. The maximum Gasteiger partial charge on any atom is 0.240 e. The Morgan fingerprint density at radius 2 is 1.83 bits per heavy atom. The highest BCUT2D eigenvalue weighted by Gasteiger charge is 2.56. The maximum atomic E-state index is 12.8. The molecule has 3 rings (SSSR count). The standard InChI is InChI=1S/C23H28N2O4/c1-16(2)29-20-10-5-4-9-19(20)25-22(27)23(12-13-23)21(26)24-14-11-17-7-6-8-18(15-17)28-3/h4-10,15-16H,11-14H2,1-3H3,(H,24,26)(H,25,27). The third kappa shape index (κ3) is 5.08. The molecule has 2 aromatic rings. The normalized spacial score (nSPS) is 14.2. The van der Waals surface area contributed by atoms with Gasteiger partial charge in [0.25, 0.3) is 0 Å². The fourth-order valence-electron chi connectivity index (χ4n) is 3.17. The summed E-state index contributed by atoms with van der Waals surface area (Å²) in [6.07, 6.45) is 1.77. The van der Waals surface area contributed by atoms with Crippen LogP contribution in [-0.2, 0) is 16.0 Å². The third-order valence-corrected chi connectivity index (χ3v) is 4.95. The van der Waals surface area contributed by atoms with Crippen LogP contribution in [0.2, 0.25) is 0 Å². The largest absolute Gasteiger partial charge is 0.497 e. The van der Waals surface area contributed by atoms with E-state index in [9.17, 15) is 9.59 Å². The van der Waals surface area contributed by atoms with Crippen molar-refractivity contribution >= 4 is 17.5 Å². The molecule has 1 aliphatic rings. The number of rotatable bonds is 9. The van der Waals surface area contributed by atoms with Crippen LogP contribution in [0.15, 0.2) is 48.5 Å². The van der Waals surface area contributed by atoms with Gasteiger partial charge in [-0.15, -0.1) is 0 Å². The Morgan fingerprint density at radius 3 is 2.52 bits per heavy atom. The molecule has 2 aromatic carbocycles. The van der Waals surface area contributed by atoms with Crippen LogP contribution >= 0.6 is 0 Å². The Morgan fingerprint density at radius 1 is 1.07 bits per heavy atom. The molecule has 0 saturated heterocycles. The van der Waals surface area contributed by atoms with E-state index in [0.29, 0.717) is 37.2 Å². The zero-order chi connectivity index (χ0) is 20.9. The Labute approximate surface area is 171 Å². The summed E-state index contributed by atoms with van der Waals surface area (Å²) in [7, 11) is 1.63. The van der Waals surface area contributed by atoms with Crippen LogP contribution in [0.1, 0.15) is 32.3 Å². The van der Waals surface area contributed by atoms with E-state index in [1.54, 1.807) is 13.2 Å². The molecule has 0 aromatic heterocycles. The van der Waals surface area contributed by atoms with E-state index in [-0.39, 0.29) is 17.9 Å². The lowest BCUT2D eigenvalue weighted by Gasteiger charge is -2.18. The molecule has 1 aliphatic carbocycles. The van der Waals surface area contributed by atoms with E-state index < -0.39 is 5.41 Å². The summed E-state index contributed by atoms with van der Waals surface area (Å²) in [6.45, 7) is 4.32. The van der Waals surface area contributed by atoms with Crippen LogP contribution in [0, 0.1) is 5.41 Å². The van der Waals surface area contributed by atoms with Crippen LogP contribution in [0.25, 0.3) is 0 Å². The molecular weight excluding hydrogens is 368 g/mol. The Balaban J connectivity index is 1.57. The van der Waals surface area contributed by atoms with Gasteiger partial charge in [0.05, 0.1) is 18.9 Å². The van der Waals surface area contributed by atoms with Crippen LogP contribution in [0.4, 0.5) is 5.69 Å². The number of nitrogens with one attached hydrogen (secondary N) is 2. The molecule has 0 bridgehead atoms. The number of ether oxygens (including phenoxy) is 2. The molecule has 2 N–H and O–H groups in total. The van der Waals surface area contributed by atoms with Crippen molar-refractivity contribution < 1.29 is 19.1 Å². The molecule has 6 heteroatoms. The van der Waals surface area contributed by atoms with Crippen molar-refractivity contribution in [3.05, 3.63) is 54.1 Å². The topological polar surface area (TPSA) is 76.7 Å². The molecular formula is C23H28N2O4. The Hall–Kier alpha value is -3.02. The summed E-state index contributed by atoms with van der Waals surface area (Å²) in [4.78, 5) is 25.6. The summed E-state index contributed by atoms with van der Waals surface area (Å²) >= 11 is 0. The van der Waals surface area contributed by atoms with E-state index in [1.165, 1.54) is 0 Å². The van der Waals surface area contributed by atoms with Crippen LogP contribution in [0.3, 0.4) is 0 Å². The van der Waals surface area contributed by atoms with Gasteiger partial charge in [-0.25, -0.2) is 0 Å². The zero-order valence-electron chi connectivity index (χ0n) is 17.2. The van der Waals surface area contributed by atoms with E-state index >= 15 is 0 Å². The number of carbonyl (C=O) groups is 2. The highest BCUT2D eigenvalue weighted by Crippen LogP contribution is 2.47. The highest BCUT2D eigenvalue weighted by atomic mass is 16.5. The monoisotopic (exact) mass is 396 g/mol. The van der Waals surface area contributed by atoms with Gasteiger partial charge in [0.15, 0.2) is 0 Å². The van der Waals surface area contributed by atoms with Crippen LogP contribution < -0.4 is 20.1 Å². The van der Waals surface area contributed by atoms with Gasteiger partial charge in [0.1, 0.15) is 16.9 Å². The van der Waals surface area contributed by atoms with Gasteiger partial charge in [-0.3, -0.25) is 9.59 Å². The first-order chi connectivity index (χ1) is 13.9. The fraction of sp³-hybridized carbons (Fsp3) is 0.391. The number of amides is 2. The van der Waals surface area contributed by atoms with Crippen molar-refractivity contribution in [3.8, 4) is 11.5 Å². The third-order valence-electron chi connectivity index (χ3n) is 4.95. The van der Waals surface area contributed by atoms with Gasteiger partial charge in [-0.2, -0.15) is 0 Å². The van der Waals surface area contributed by atoms with E-state index in [1.807, 2.05) is 56.3 Å². The molecule has 0 heterocycles. The number of benzene rings is 2. The number of hydrogen-bond donors (Lipinski definition) is 2. The number of para-hydroxylation sites is 2. The van der Waals surface area contributed by atoms with E-state index in [4.69, 9.17) is 9.47 Å². The minimum atomic E-state index is -0.987. The second kappa shape index (κ2) is 8.99. The summed E-state index contributed by atoms with van der Waals surface area (Å²) in [5, 5.41) is 5.79. The maximum absolute atomic E-state index is 12.8. The Kier molecular flexibility index (Phi) is 6.42. The second-order valence-electron chi connectivity index (χ2n) is 7.56. The van der Waals surface area contributed by atoms with Crippen molar-refractivity contribution in [1.82, 2.24) is 5.32 Å². The van der Waals surface area contributed by atoms with E-state index in [2.05, 4.69) is 10.6 Å². The summed E-state index contributed by atoms with van der Waals surface area (Å²) < 4.78 is 11.0. The van der Waals surface area contributed by atoms with Crippen molar-refractivity contribution in [3.63, 3.8) is 0 Å². The number of hydrogen-bond acceptors (Lipinski definition) is 4. The molecule has 0 spiro atoms. The fourth-order valence-corrected chi connectivity index (χ4v) is 3.17. The van der Waals surface area contributed by atoms with Gasteiger partial charge in [0, 0.05) is 6.54 Å². The molecule has 1 saturated carbocycles. The number of methoxy groups -OCH3 is 1. The molecule has 0 unspecified atom stereocenters. The SMILES string of the molecule is COc1cccc(CCNC(=O)C2(C(=O)Nc3ccccc3OC(C)C)CC2)c1. The van der Waals surface area contributed by atoms with Gasteiger partial charge in [0.2, 0.25) is 11.8 Å². The summed E-state index contributed by atoms with van der Waals surface area (Å²) in [5.74, 6) is 0.885. The molecule has 0 radical (unpaired) electrons. The zero-order valence-corrected chi connectivity index (χ0v) is 17.2. The smallest absolute Gasteiger partial charge is 0.240 e. The predicted molar refractivity (Wildman–Crippen MR) is 112 cm³/mol. The number of carbonyl (C=O) groups excluding carboxylic acids is 2. The lowest BCUT2D eigenvalue weighted by molar-refractivity contribution is -0.134. The molecule has 1 fully saturated rings.